The van der Waals surface area contributed by atoms with Crippen molar-refractivity contribution in [2.24, 2.45) is 0 Å². The van der Waals surface area contributed by atoms with Crippen molar-refractivity contribution in [1.29, 1.82) is 0 Å². The van der Waals surface area contributed by atoms with Crippen LogP contribution in [0.25, 0.3) is 11.3 Å². The highest BCUT2D eigenvalue weighted by Crippen LogP contribution is 2.30. The third kappa shape index (κ3) is 2.55. The smallest absolute Gasteiger partial charge is 0.253 e. The zero-order chi connectivity index (χ0) is 13.3. The lowest BCUT2D eigenvalue weighted by Crippen LogP contribution is -2.06. The van der Waals surface area contributed by atoms with Crippen LogP contribution >= 0.6 is 0 Å². The van der Waals surface area contributed by atoms with E-state index in [9.17, 15) is 8.78 Å². The molecule has 1 nitrogen and oxygen atoms in total. The Bertz CT molecular complexity index is 571. The Morgan fingerprint density at radius 1 is 1.06 bits per heavy atom. The number of nitrogens with zero attached hydrogens (tertiary/aromatic N) is 1. The van der Waals surface area contributed by atoms with Gasteiger partial charge in [0, 0.05) is 23.7 Å². The van der Waals surface area contributed by atoms with E-state index in [0.29, 0.717) is 0 Å². The van der Waals surface area contributed by atoms with Crippen LogP contribution in [-0.4, -0.2) is 4.98 Å². The fourth-order valence-electron chi connectivity index (χ4n) is 1.74. The summed E-state index contributed by atoms with van der Waals surface area (Å²) in [6, 6.07) is 10.2. The number of pyridine rings is 1. The Morgan fingerprint density at radius 2 is 1.78 bits per heavy atom. The summed E-state index contributed by atoms with van der Waals surface area (Å²) in [4.78, 5) is 4.42. The van der Waals surface area contributed by atoms with Crippen LogP contribution in [0.2, 0.25) is 0 Å². The van der Waals surface area contributed by atoms with E-state index in [1.807, 2.05) is 26.0 Å². The first-order valence-corrected chi connectivity index (χ1v) is 5.81. The molecule has 0 amide bonds. The molecule has 0 saturated carbocycles. The Hall–Kier alpha value is -1.77. The van der Waals surface area contributed by atoms with Crippen molar-refractivity contribution in [1.82, 2.24) is 4.98 Å². The monoisotopic (exact) mass is 247 g/mol. The summed E-state index contributed by atoms with van der Waals surface area (Å²) in [6.07, 6.45) is 0. The van der Waals surface area contributed by atoms with Crippen molar-refractivity contribution in [2.45, 2.75) is 26.7 Å². The van der Waals surface area contributed by atoms with E-state index in [0.717, 1.165) is 29.4 Å². The normalized spacial score (nSPS) is 11.6. The second kappa shape index (κ2) is 4.48. The zero-order valence-corrected chi connectivity index (χ0v) is 10.7. The summed E-state index contributed by atoms with van der Waals surface area (Å²) in [6.45, 7) is 4.79. The highest BCUT2D eigenvalue weighted by molar-refractivity contribution is 5.60. The molecule has 0 atom stereocenters. The number of aromatic nitrogens is 1. The highest BCUT2D eigenvalue weighted by Gasteiger charge is 2.24. The number of alkyl halides is 2. The molecule has 0 bridgehead atoms. The Morgan fingerprint density at radius 3 is 2.39 bits per heavy atom. The SMILES string of the molecule is Cc1ccc(-c2cccc(C(C)(F)F)c2)nc1C. The fourth-order valence-corrected chi connectivity index (χ4v) is 1.74. The molecule has 0 spiro atoms. The number of hydrogen-bond acceptors (Lipinski definition) is 1. The molecule has 0 aliphatic heterocycles. The van der Waals surface area contributed by atoms with Crippen LogP contribution in [0.15, 0.2) is 36.4 Å². The molecule has 0 fully saturated rings. The van der Waals surface area contributed by atoms with Gasteiger partial charge < -0.3 is 0 Å². The molecule has 94 valence electrons. The molecule has 18 heavy (non-hydrogen) atoms. The predicted octanol–water partition coefficient (Wildman–Crippen LogP) is 4.48. The average molecular weight is 247 g/mol. The van der Waals surface area contributed by atoms with Gasteiger partial charge in [-0.15, -0.1) is 0 Å². The maximum absolute atomic E-state index is 13.3. The van der Waals surface area contributed by atoms with Crippen molar-refractivity contribution >= 4 is 0 Å². The molecule has 1 heterocycles. The van der Waals surface area contributed by atoms with E-state index in [1.165, 1.54) is 12.1 Å². The second-order valence-electron chi connectivity index (χ2n) is 4.57. The first kappa shape index (κ1) is 12.7. The first-order chi connectivity index (χ1) is 8.38. The predicted molar refractivity (Wildman–Crippen MR) is 68.7 cm³/mol. The molecule has 1 aromatic heterocycles. The van der Waals surface area contributed by atoms with Gasteiger partial charge in [-0.05, 0) is 31.5 Å². The summed E-state index contributed by atoms with van der Waals surface area (Å²) in [7, 11) is 0. The minimum atomic E-state index is -2.82. The molecule has 0 aliphatic rings. The van der Waals surface area contributed by atoms with E-state index in [2.05, 4.69) is 4.98 Å². The Balaban J connectivity index is 2.48. The molecule has 0 unspecified atom stereocenters. The van der Waals surface area contributed by atoms with Crippen molar-refractivity contribution in [3.63, 3.8) is 0 Å². The molecule has 2 aromatic rings. The van der Waals surface area contributed by atoms with Crippen LogP contribution in [0.1, 0.15) is 23.7 Å². The minimum Gasteiger partial charge on any atom is -0.253 e. The lowest BCUT2D eigenvalue weighted by atomic mass is 10.0. The van der Waals surface area contributed by atoms with Crippen LogP contribution in [0.5, 0.6) is 0 Å². The third-order valence-electron chi connectivity index (χ3n) is 3.02. The largest absolute Gasteiger partial charge is 0.270 e. The highest BCUT2D eigenvalue weighted by atomic mass is 19.3. The molecule has 3 heteroatoms. The van der Waals surface area contributed by atoms with Crippen LogP contribution in [0.4, 0.5) is 8.78 Å². The van der Waals surface area contributed by atoms with Crippen LogP contribution in [0.3, 0.4) is 0 Å². The number of hydrogen-bond donors (Lipinski definition) is 0. The van der Waals surface area contributed by atoms with Gasteiger partial charge in [-0.1, -0.05) is 24.3 Å². The van der Waals surface area contributed by atoms with Gasteiger partial charge in [-0.2, -0.15) is 0 Å². The molecule has 0 aliphatic carbocycles. The maximum Gasteiger partial charge on any atom is 0.270 e. The van der Waals surface area contributed by atoms with Crippen molar-refractivity contribution in [3.05, 3.63) is 53.2 Å². The first-order valence-electron chi connectivity index (χ1n) is 5.81. The molecule has 2 rings (SSSR count). The van der Waals surface area contributed by atoms with Gasteiger partial charge in [0.05, 0.1) is 5.69 Å². The number of benzene rings is 1. The number of halogens is 2. The van der Waals surface area contributed by atoms with Gasteiger partial charge in [0.2, 0.25) is 0 Å². The topological polar surface area (TPSA) is 12.9 Å². The molecule has 0 saturated heterocycles. The van der Waals surface area contributed by atoms with Gasteiger partial charge in [0.1, 0.15) is 0 Å². The summed E-state index contributed by atoms with van der Waals surface area (Å²) >= 11 is 0. The fraction of sp³-hybridized carbons (Fsp3) is 0.267. The molecule has 0 radical (unpaired) electrons. The molecular weight excluding hydrogens is 232 g/mol. The van der Waals surface area contributed by atoms with Gasteiger partial charge in [0.15, 0.2) is 0 Å². The van der Waals surface area contributed by atoms with Crippen molar-refractivity contribution < 1.29 is 8.78 Å². The third-order valence-corrected chi connectivity index (χ3v) is 3.02. The average Bonchev–Trinajstić information content (AvgIpc) is 2.32. The summed E-state index contributed by atoms with van der Waals surface area (Å²) in [5, 5.41) is 0. The van der Waals surface area contributed by atoms with Crippen LogP contribution in [-0.2, 0) is 5.92 Å². The van der Waals surface area contributed by atoms with Gasteiger partial charge >= 0.3 is 0 Å². The van der Waals surface area contributed by atoms with E-state index in [1.54, 1.807) is 12.1 Å². The maximum atomic E-state index is 13.3. The summed E-state index contributed by atoms with van der Waals surface area (Å²) < 4.78 is 26.5. The minimum absolute atomic E-state index is 0.0139. The zero-order valence-electron chi connectivity index (χ0n) is 10.7. The summed E-state index contributed by atoms with van der Waals surface area (Å²) in [5.74, 6) is -2.82. The van der Waals surface area contributed by atoms with Gasteiger partial charge in [0.25, 0.3) is 5.92 Å². The van der Waals surface area contributed by atoms with E-state index < -0.39 is 5.92 Å². The second-order valence-corrected chi connectivity index (χ2v) is 4.57. The van der Waals surface area contributed by atoms with E-state index in [4.69, 9.17) is 0 Å². The Kier molecular flexibility index (Phi) is 3.16. The van der Waals surface area contributed by atoms with Gasteiger partial charge in [-0.3, -0.25) is 4.98 Å². The van der Waals surface area contributed by atoms with Gasteiger partial charge in [-0.25, -0.2) is 8.78 Å². The van der Waals surface area contributed by atoms with E-state index in [-0.39, 0.29) is 5.56 Å². The van der Waals surface area contributed by atoms with Crippen molar-refractivity contribution in [2.75, 3.05) is 0 Å². The lowest BCUT2D eigenvalue weighted by molar-refractivity contribution is 0.0175. The van der Waals surface area contributed by atoms with E-state index >= 15 is 0 Å². The molecule has 0 N–H and O–H groups in total. The Labute approximate surface area is 105 Å². The number of rotatable bonds is 2. The molecular formula is C15H15F2N. The number of aryl methyl sites for hydroxylation is 2. The standard InChI is InChI=1S/C15H15F2N/c1-10-7-8-14(18-11(10)2)12-5-4-6-13(9-12)15(3,16)17/h4-9H,1-3H3. The molecule has 1 aromatic carbocycles. The van der Waals surface area contributed by atoms with Crippen molar-refractivity contribution in [3.8, 4) is 11.3 Å². The van der Waals surface area contributed by atoms with Crippen LogP contribution in [0, 0.1) is 13.8 Å². The summed E-state index contributed by atoms with van der Waals surface area (Å²) in [5.41, 5.74) is 3.47. The lowest BCUT2D eigenvalue weighted by Gasteiger charge is -2.12. The quantitative estimate of drug-likeness (QED) is 0.762. The van der Waals surface area contributed by atoms with Crippen LogP contribution < -0.4 is 0 Å².